The predicted molar refractivity (Wildman–Crippen MR) is 129 cm³/mol. The van der Waals surface area contributed by atoms with E-state index in [1.807, 2.05) is 0 Å². The van der Waals surface area contributed by atoms with Gasteiger partial charge in [0.2, 0.25) is 5.91 Å². The summed E-state index contributed by atoms with van der Waals surface area (Å²) >= 11 is 7.50. The number of carbonyl (C=O) groups is 2. The predicted octanol–water partition coefficient (Wildman–Crippen LogP) is 5.27. The lowest BCUT2D eigenvalue weighted by Gasteiger charge is -2.33. The second-order valence-corrected chi connectivity index (χ2v) is 14.2. The van der Waals surface area contributed by atoms with Crippen LogP contribution in [0.5, 0.6) is 0 Å². The Bertz CT molecular complexity index is 848. The molecule has 1 aromatic heterocycles. The summed E-state index contributed by atoms with van der Waals surface area (Å²) in [5.74, 6) is 4.13. The third kappa shape index (κ3) is 3.54. The standard InChI is InChI=1S/C22H30N2O2S4/c1-12-11-16(14-6-3-5-13(12)14)19(25)23-24-20(26)18-15-7-4-8-22(28-9-10-29-22)17(15)21(27-2)30-18/h12-14,16H,3-11H2,1-2H3,(H,23,25)(H,24,26). The maximum Gasteiger partial charge on any atom is 0.280 e. The molecule has 2 heterocycles. The zero-order chi connectivity index (χ0) is 20.9. The molecule has 1 aromatic rings. The number of hydrogen-bond donors (Lipinski definition) is 2. The van der Waals surface area contributed by atoms with E-state index < -0.39 is 0 Å². The fraction of sp³-hybridized carbons (Fsp3) is 0.727. The highest BCUT2D eigenvalue weighted by atomic mass is 32.2. The Morgan fingerprint density at radius 2 is 1.87 bits per heavy atom. The third-order valence-electron chi connectivity index (χ3n) is 7.57. The van der Waals surface area contributed by atoms with Crippen LogP contribution in [0.4, 0.5) is 0 Å². The van der Waals surface area contributed by atoms with E-state index in [1.54, 1.807) is 23.1 Å². The van der Waals surface area contributed by atoms with Crippen LogP contribution >= 0.6 is 46.6 Å². The minimum atomic E-state index is -0.135. The maximum absolute atomic E-state index is 13.1. The molecule has 8 heteroatoms. The van der Waals surface area contributed by atoms with Crippen LogP contribution in [0.2, 0.25) is 0 Å². The lowest BCUT2D eigenvalue weighted by atomic mass is 9.90. The molecular formula is C22H30N2O2S4. The van der Waals surface area contributed by atoms with Gasteiger partial charge in [-0.05, 0) is 68.1 Å². The highest BCUT2D eigenvalue weighted by Crippen LogP contribution is 2.61. The number of fused-ring (bicyclic) bond motifs is 3. The first-order valence-electron chi connectivity index (χ1n) is 11.1. The molecule has 0 radical (unpaired) electrons. The highest BCUT2D eigenvalue weighted by Gasteiger charge is 2.47. The van der Waals surface area contributed by atoms with Gasteiger partial charge in [0.05, 0.1) is 13.2 Å². The fourth-order valence-corrected chi connectivity index (χ4v) is 12.2. The molecule has 1 spiro atoms. The summed E-state index contributed by atoms with van der Waals surface area (Å²) in [6, 6.07) is 0. The van der Waals surface area contributed by atoms with Crippen molar-refractivity contribution in [3.8, 4) is 0 Å². The minimum Gasteiger partial charge on any atom is -0.273 e. The quantitative estimate of drug-likeness (QED) is 0.454. The van der Waals surface area contributed by atoms with Crippen molar-refractivity contribution in [3.63, 3.8) is 0 Å². The molecule has 164 valence electrons. The summed E-state index contributed by atoms with van der Waals surface area (Å²) in [5.41, 5.74) is 8.23. The van der Waals surface area contributed by atoms with E-state index in [-0.39, 0.29) is 21.8 Å². The molecule has 5 rings (SSSR count). The number of rotatable bonds is 3. The maximum atomic E-state index is 13.1. The van der Waals surface area contributed by atoms with Crippen LogP contribution in [0.3, 0.4) is 0 Å². The molecule has 3 aliphatic carbocycles. The topological polar surface area (TPSA) is 58.2 Å². The van der Waals surface area contributed by atoms with E-state index in [2.05, 4.69) is 47.6 Å². The van der Waals surface area contributed by atoms with Crippen LogP contribution in [0.25, 0.3) is 0 Å². The van der Waals surface area contributed by atoms with E-state index in [1.165, 1.54) is 46.1 Å². The smallest absolute Gasteiger partial charge is 0.273 e. The molecule has 4 aliphatic rings. The van der Waals surface area contributed by atoms with Gasteiger partial charge in [0, 0.05) is 23.0 Å². The average Bonchev–Trinajstić information content (AvgIpc) is 3.51. The monoisotopic (exact) mass is 482 g/mol. The second-order valence-electron chi connectivity index (χ2n) is 9.10. The van der Waals surface area contributed by atoms with Gasteiger partial charge in [-0.25, -0.2) is 0 Å². The number of carbonyl (C=O) groups excluding carboxylic acids is 2. The fourth-order valence-electron chi connectivity index (χ4n) is 6.30. The molecule has 0 bridgehead atoms. The van der Waals surface area contributed by atoms with E-state index in [0.717, 1.165) is 30.6 Å². The van der Waals surface area contributed by atoms with E-state index in [4.69, 9.17) is 0 Å². The molecule has 2 amide bonds. The number of amides is 2. The lowest BCUT2D eigenvalue weighted by molar-refractivity contribution is -0.127. The van der Waals surface area contributed by atoms with Crippen LogP contribution < -0.4 is 10.9 Å². The first-order valence-corrected chi connectivity index (χ1v) is 15.1. The van der Waals surface area contributed by atoms with Crippen molar-refractivity contribution in [3.05, 3.63) is 16.0 Å². The van der Waals surface area contributed by atoms with Crippen LogP contribution in [0.15, 0.2) is 4.21 Å². The van der Waals surface area contributed by atoms with Crippen molar-refractivity contribution in [1.29, 1.82) is 0 Å². The molecular weight excluding hydrogens is 453 g/mol. The van der Waals surface area contributed by atoms with Crippen LogP contribution in [0.1, 0.15) is 66.2 Å². The summed E-state index contributed by atoms with van der Waals surface area (Å²) in [7, 11) is 0. The summed E-state index contributed by atoms with van der Waals surface area (Å²) in [4.78, 5) is 26.8. The number of thiophene rings is 1. The number of thioether (sulfide) groups is 3. The molecule has 30 heavy (non-hydrogen) atoms. The Morgan fingerprint density at radius 3 is 2.63 bits per heavy atom. The third-order valence-corrected chi connectivity index (χ3v) is 13.4. The van der Waals surface area contributed by atoms with Crippen LogP contribution in [-0.4, -0.2) is 29.6 Å². The lowest BCUT2D eigenvalue weighted by Crippen LogP contribution is -2.45. The van der Waals surface area contributed by atoms with Crippen molar-refractivity contribution >= 4 is 58.4 Å². The first-order chi connectivity index (χ1) is 14.5. The molecule has 3 fully saturated rings. The SMILES string of the molecule is CSc1sc(C(=O)NNC(=O)C2CC(C)C3CCCC23)c2c1C1(CCC2)SCCS1. The van der Waals surface area contributed by atoms with Gasteiger partial charge in [0.25, 0.3) is 5.91 Å². The van der Waals surface area contributed by atoms with E-state index >= 15 is 0 Å². The van der Waals surface area contributed by atoms with Gasteiger partial charge >= 0.3 is 0 Å². The Labute approximate surface area is 195 Å². The molecule has 1 aliphatic heterocycles. The molecule has 0 aromatic carbocycles. The first kappa shape index (κ1) is 21.5. The van der Waals surface area contributed by atoms with Gasteiger partial charge in [0.15, 0.2) is 0 Å². The highest BCUT2D eigenvalue weighted by molar-refractivity contribution is 8.20. The Kier molecular flexibility index (Phi) is 6.14. The Hall–Kier alpha value is -0.310. The molecule has 4 atom stereocenters. The summed E-state index contributed by atoms with van der Waals surface area (Å²) in [6.07, 6.45) is 10.0. The second kappa shape index (κ2) is 8.56. The summed E-state index contributed by atoms with van der Waals surface area (Å²) < 4.78 is 1.42. The number of hydrazine groups is 1. The molecule has 2 saturated carbocycles. The number of nitrogens with one attached hydrogen (secondary N) is 2. The zero-order valence-electron chi connectivity index (χ0n) is 17.6. The summed E-state index contributed by atoms with van der Waals surface area (Å²) in [6.45, 7) is 2.28. The molecule has 1 saturated heterocycles. The van der Waals surface area contributed by atoms with E-state index in [0.29, 0.717) is 17.8 Å². The van der Waals surface area contributed by atoms with Crippen molar-refractivity contribution < 1.29 is 9.59 Å². The van der Waals surface area contributed by atoms with Crippen molar-refractivity contribution in [1.82, 2.24) is 10.9 Å². The minimum absolute atomic E-state index is 0.0125. The van der Waals surface area contributed by atoms with Gasteiger partial charge in [-0.3, -0.25) is 20.4 Å². The van der Waals surface area contributed by atoms with Gasteiger partial charge in [0.1, 0.15) is 0 Å². The van der Waals surface area contributed by atoms with Gasteiger partial charge in [-0.1, -0.05) is 13.3 Å². The van der Waals surface area contributed by atoms with Gasteiger partial charge in [-0.2, -0.15) is 0 Å². The zero-order valence-corrected chi connectivity index (χ0v) is 20.9. The Balaban J connectivity index is 1.31. The van der Waals surface area contributed by atoms with Gasteiger partial charge in [-0.15, -0.1) is 46.6 Å². The van der Waals surface area contributed by atoms with Crippen molar-refractivity contribution in [2.45, 2.75) is 60.2 Å². The van der Waals surface area contributed by atoms with Crippen molar-refractivity contribution in [2.75, 3.05) is 17.8 Å². The largest absolute Gasteiger partial charge is 0.280 e. The normalized spacial score (nSPS) is 31.5. The van der Waals surface area contributed by atoms with E-state index in [9.17, 15) is 9.59 Å². The van der Waals surface area contributed by atoms with Crippen LogP contribution in [-0.2, 0) is 15.3 Å². The van der Waals surface area contributed by atoms with Gasteiger partial charge < -0.3 is 0 Å². The molecule has 4 nitrogen and oxygen atoms in total. The average molecular weight is 483 g/mol. The Morgan fingerprint density at radius 1 is 1.10 bits per heavy atom. The molecule has 4 unspecified atom stereocenters. The summed E-state index contributed by atoms with van der Waals surface area (Å²) in [5, 5.41) is 0. The molecule has 2 N–H and O–H groups in total. The number of hydrogen-bond acceptors (Lipinski definition) is 6. The van der Waals surface area contributed by atoms with Crippen LogP contribution in [0, 0.1) is 23.7 Å². The van der Waals surface area contributed by atoms with Crippen molar-refractivity contribution in [2.24, 2.45) is 23.7 Å².